The van der Waals surface area contributed by atoms with Gasteiger partial charge in [0.25, 0.3) is 0 Å². The van der Waals surface area contributed by atoms with E-state index in [1.165, 1.54) is 0 Å². The predicted molar refractivity (Wildman–Crippen MR) is 143 cm³/mol. The number of likely N-dealkylation sites (N-methyl/N-ethyl adjacent to an activating group) is 1. The van der Waals surface area contributed by atoms with Gasteiger partial charge >= 0.3 is 0 Å². The first-order valence-corrected chi connectivity index (χ1v) is 13.7. The number of anilines is 1. The van der Waals surface area contributed by atoms with Crippen molar-refractivity contribution in [2.45, 2.75) is 69.3 Å². The Kier molecular flexibility index (Phi) is 8.04. The first kappa shape index (κ1) is 26.4. The zero-order valence-corrected chi connectivity index (χ0v) is 22.3. The van der Waals surface area contributed by atoms with Gasteiger partial charge in [0.05, 0.1) is 30.4 Å². The van der Waals surface area contributed by atoms with Gasteiger partial charge in [-0.2, -0.15) is 5.01 Å². The van der Waals surface area contributed by atoms with Gasteiger partial charge in [0.2, 0.25) is 5.91 Å². The van der Waals surface area contributed by atoms with Crippen molar-refractivity contribution >= 4 is 11.6 Å². The zero-order valence-electron chi connectivity index (χ0n) is 22.3. The highest BCUT2D eigenvalue weighted by atomic mass is 16.5. The van der Waals surface area contributed by atoms with E-state index in [2.05, 4.69) is 43.3 Å². The van der Waals surface area contributed by atoms with E-state index < -0.39 is 5.60 Å². The Labute approximate surface area is 220 Å². The summed E-state index contributed by atoms with van der Waals surface area (Å²) >= 11 is 0. The number of nitrogens with one attached hydrogen (secondary N) is 4. The Hall–Kier alpha value is -2.21. The molecule has 204 valence electrons. The molecule has 37 heavy (non-hydrogen) atoms. The topological polar surface area (TPSA) is 104 Å². The number of aliphatic hydroxyl groups is 1. The van der Waals surface area contributed by atoms with Gasteiger partial charge in [-0.3, -0.25) is 25.8 Å². The minimum absolute atomic E-state index is 0.000347. The Morgan fingerprint density at radius 3 is 2.95 bits per heavy atom. The number of rotatable bonds is 6. The molecule has 3 saturated heterocycles. The van der Waals surface area contributed by atoms with Crippen LogP contribution in [-0.2, 0) is 4.79 Å². The van der Waals surface area contributed by atoms with Crippen LogP contribution >= 0.6 is 0 Å². The highest BCUT2D eigenvalue weighted by Gasteiger charge is 2.52. The summed E-state index contributed by atoms with van der Waals surface area (Å²) in [7, 11) is 4.06. The lowest BCUT2D eigenvalue weighted by atomic mass is 9.85. The molecule has 4 aliphatic heterocycles. The lowest BCUT2D eigenvalue weighted by Crippen LogP contribution is -2.69. The number of carbonyl (C=O) groups is 1. The fourth-order valence-corrected chi connectivity index (χ4v) is 5.92. The summed E-state index contributed by atoms with van der Waals surface area (Å²) in [6, 6.07) is 7.98. The predicted octanol–water partition coefficient (Wildman–Crippen LogP) is 1.09. The summed E-state index contributed by atoms with van der Waals surface area (Å²) in [5.41, 5.74) is 0.159. The zero-order chi connectivity index (χ0) is 26.0. The summed E-state index contributed by atoms with van der Waals surface area (Å²) in [6.07, 6.45) is 8.19. The summed E-state index contributed by atoms with van der Waals surface area (Å²) in [6.45, 7) is 4.55. The van der Waals surface area contributed by atoms with Gasteiger partial charge in [0, 0.05) is 30.9 Å². The second-order valence-electron chi connectivity index (χ2n) is 11.2. The lowest BCUT2D eigenvalue weighted by molar-refractivity contribution is -0.146. The van der Waals surface area contributed by atoms with Gasteiger partial charge in [0.1, 0.15) is 18.6 Å². The monoisotopic (exact) mass is 513 g/mol. The van der Waals surface area contributed by atoms with E-state index in [0.717, 1.165) is 43.7 Å². The molecule has 1 aromatic rings. The highest BCUT2D eigenvalue weighted by molar-refractivity contribution is 5.82. The molecule has 5 N–H and O–H groups in total. The number of hydrogen-bond acceptors (Lipinski definition) is 9. The van der Waals surface area contributed by atoms with Gasteiger partial charge < -0.3 is 20.1 Å². The number of piperidine rings is 1. The third kappa shape index (κ3) is 5.94. The van der Waals surface area contributed by atoms with E-state index in [1.807, 2.05) is 50.3 Å². The average Bonchev–Trinajstić information content (AvgIpc) is 3.13. The van der Waals surface area contributed by atoms with Gasteiger partial charge in [-0.05, 0) is 65.3 Å². The fourth-order valence-electron chi connectivity index (χ4n) is 5.92. The molecule has 10 heteroatoms. The molecule has 1 aromatic carbocycles. The SMILES string of the molecule is CN(C)CCOc1cccc(NC2NCC3C(=O)N4C/C=C\CCC(C)(O)C5CCCC(N5)N4C3N2)c1. The number of fused-ring (bicyclic) bond motifs is 6. The summed E-state index contributed by atoms with van der Waals surface area (Å²) in [4.78, 5) is 15.6. The van der Waals surface area contributed by atoms with Gasteiger partial charge in [0.15, 0.2) is 0 Å². The van der Waals surface area contributed by atoms with Crippen molar-refractivity contribution in [1.82, 2.24) is 30.9 Å². The lowest BCUT2D eigenvalue weighted by Gasteiger charge is -2.47. The van der Waals surface area contributed by atoms with E-state index in [4.69, 9.17) is 4.74 Å². The highest BCUT2D eigenvalue weighted by Crippen LogP contribution is 2.34. The second kappa shape index (κ2) is 11.3. The van der Waals surface area contributed by atoms with Crippen LogP contribution in [0.1, 0.15) is 39.0 Å². The van der Waals surface area contributed by atoms with Crippen LogP contribution in [0, 0.1) is 5.92 Å². The van der Waals surface area contributed by atoms with Crippen LogP contribution in [0.15, 0.2) is 36.4 Å². The largest absolute Gasteiger partial charge is 0.492 e. The molecular weight excluding hydrogens is 470 g/mol. The van der Waals surface area contributed by atoms with E-state index in [1.54, 1.807) is 0 Å². The summed E-state index contributed by atoms with van der Waals surface area (Å²) in [5.74, 6) is 0.781. The van der Waals surface area contributed by atoms with Crippen molar-refractivity contribution in [3.05, 3.63) is 36.4 Å². The van der Waals surface area contributed by atoms with Gasteiger partial charge in [-0.1, -0.05) is 18.2 Å². The number of carbonyl (C=O) groups excluding carboxylic acids is 1. The Morgan fingerprint density at radius 2 is 2.11 bits per heavy atom. The second-order valence-corrected chi connectivity index (χ2v) is 11.2. The van der Waals surface area contributed by atoms with Crippen LogP contribution in [0.3, 0.4) is 0 Å². The van der Waals surface area contributed by atoms with Gasteiger partial charge in [-0.25, -0.2) is 0 Å². The molecule has 2 bridgehead atoms. The number of nitrogens with zero attached hydrogens (tertiary/aromatic N) is 3. The van der Waals surface area contributed by atoms with E-state index in [-0.39, 0.29) is 36.5 Å². The fraction of sp³-hybridized carbons (Fsp3) is 0.667. The maximum Gasteiger partial charge on any atom is 0.244 e. The molecule has 10 nitrogen and oxygen atoms in total. The summed E-state index contributed by atoms with van der Waals surface area (Å²) < 4.78 is 5.90. The standard InChI is InChI=1S/C27H43N7O3/c1-27(36)13-5-4-6-14-33-25(35)21-18-28-26(31-24(21)34(33)23-12-8-11-22(27)30-23)29-19-9-7-10-20(17-19)37-16-15-32(2)3/h4,6-7,9-10,17,21-24,26,28-31,36H,5,8,11-16,18H2,1-3H3/b6-4-. The Morgan fingerprint density at radius 1 is 1.24 bits per heavy atom. The number of benzene rings is 1. The average molecular weight is 514 g/mol. The molecule has 0 saturated carbocycles. The number of amides is 1. The molecule has 4 heterocycles. The third-order valence-corrected chi connectivity index (χ3v) is 8.04. The number of ether oxygens (including phenoxy) is 1. The first-order chi connectivity index (χ1) is 17.8. The smallest absolute Gasteiger partial charge is 0.244 e. The van der Waals surface area contributed by atoms with Crippen LogP contribution in [0.2, 0.25) is 0 Å². The normalized spacial score (nSPS) is 35.4. The number of allylic oxidation sites excluding steroid dienone is 1. The minimum Gasteiger partial charge on any atom is -0.492 e. The molecule has 0 aromatic heterocycles. The molecule has 0 aliphatic carbocycles. The molecule has 1 amide bonds. The van der Waals surface area contributed by atoms with Crippen LogP contribution in [-0.4, -0.2) is 96.5 Å². The van der Waals surface area contributed by atoms with E-state index >= 15 is 0 Å². The maximum atomic E-state index is 13.5. The van der Waals surface area contributed by atoms with Crippen molar-refractivity contribution in [1.29, 1.82) is 0 Å². The molecule has 5 rings (SSSR count). The Bertz CT molecular complexity index is 971. The molecule has 4 aliphatic rings. The number of hydrogen-bond donors (Lipinski definition) is 5. The minimum atomic E-state index is -0.785. The molecule has 0 spiro atoms. The van der Waals surface area contributed by atoms with Crippen molar-refractivity contribution in [3.63, 3.8) is 0 Å². The van der Waals surface area contributed by atoms with Crippen LogP contribution < -0.4 is 26.0 Å². The molecule has 3 fully saturated rings. The summed E-state index contributed by atoms with van der Waals surface area (Å²) in [5, 5.41) is 29.7. The van der Waals surface area contributed by atoms with E-state index in [9.17, 15) is 9.90 Å². The maximum absolute atomic E-state index is 13.5. The van der Waals surface area contributed by atoms with Crippen molar-refractivity contribution in [3.8, 4) is 5.75 Å². The number of hydrazine groups is 1. The van der Waals surface area contributed by atoms with Crippen LogP contribution in [0.25, 0.3) is 0 Å². The molecular formula is C27H43N7O3. The molecule has 6 unspecified atom stereocenters. The van der Waals surface area contributed by atoms with Crippen molar-refractivity contribution in [2.75, 3.05) is 45.7 Å². The van der Waals surface area contributed by atoms with Crippen molar-refractivity contribution in [2.24, 2.45) is 5.92 Å². The van der Waals surface area contributed by atoms with Crippen LogP contribution in [0.5, 0.6) is 5.75 Å². The van der Waals surface area contributed by atoms with Crippen molar-refractivity contribution < 1.29 is 14.6 Å². The van der Waals surface area contributed by atoms with Crippen LogP contribution in [0.4, 0.5) is 5.69 Å². The quantitative estimate of drug-likeness (QED) is 0.358. The molecule has 0 radical (unpaired) electrons. The Balaban J connectivity index is 1.31. The third-order valence-electron chi connectivity index (χ3n) is 8.04. The van der Waals surface area contributed by atoms with Gasteiger partial charge in [-0.15, -0.1) is 0 Å². The molecule has 6 atom stereocenters. The van der Waals surface area contributed by atoms with E-state index in [0.29, 0.717) is 26.1 Å². The first-order valence-electron chi connectivity index (χ1n) is 13.7.